The first-order valence-corrected chi connectivity index (χ1v) is 6.57. The molecular weight excluding hydrogens is 242 g/mol. The van der Waals surface area contributed by atoms with Gasteiger partial charge in [-0.25, -0.2) is 0 Å². The van der Waals surface area contributed by atoms with Gasteiger partial charge in [-0.15, -0.1) is 6.58 Å². The topological polar surface area (TPSA) is 47.6 Å². The highest BCUT2D eigenvalue weighted by Crippen LogP contribution is 2.49. The van der Waals surface area contributed by atoms with Crippen LogP contribution in [0.1, 0.15) is 17.9 Å². The normalized spacial score (nSPS) is 23.6. The Labute approximate surface area is 112 Å². The van der Waals surface area contributed by atoms with E-state index in [2.05, 4.69) is 11.9 Å². The van der Waals surface area contributed by atoms with Crippen LogP contribution < -0.4 is 14.8 Å². The molecule has 0 aromatic heterocycles. The summed E-state index contributed by atoms with van der Waals surface area (Å²) in [7, 11) is 0. The summed E-state index contributed by atoms with van der Waals surface area (Å²) >= 11 is 0. The highest BCUT2D eigenvalue weighted by molar-refractivity contribution is 5.83. The highest BCUT2D eigenvalue weighted by Gasteiger charge is 2.44. The molecule has 0 spiro atoms. The van der Waals surface area contributed by atoms with Crippen molar-refractivity contribution in [3.63, 3.8) is 0 Å². The summed E-state index contributed by atoms with van der Waals surface area (Å²) in [4.78, 5) is 11.8. The molecule has 1 aromatic rings. The van der Waals surface area contributed by atoms with Crippen molar-refractivity contribution < 1.29 is 14.3 Å². The van der Waals surface area contributed by atoms with Crippen LogP contribution >= 0.6 is 0 Å². The fourth-order valence-electron chi connectivity index (χ4n) is 2.45. The van der Waals surface area contributed by atoms with Gasteiger partial charge in [0.2, 0.25) is 5.91 Å². The van der Waals surface area contributed by atoms with Crippen LogP contribution in [0, 0.1) is 5.92 Å². The lowest BCUT2D eigenvalue weighted by Crippen LogP contribution is -2.25. The first-order valence-electron chi connectivity index (χ1n) is 6.57. The molecule has 1 aliphatic carbocycles. The van der Waals surface area contributed by atoms with E-state index in [1.807, 2.05) is 18.2 Å². The maximum absolute atomic E-state index is 11.8. The van der Waals surface area contributed by atoms with Crippen LogP contribution in [0.2, 0.25) is 0 Å². The van der Waals surface area contributed by atoms with Crippen LogP contribution in [0.4, 0.5) is 0 Å². The number of fused-ring (bicyclic) bond motifs is 1. The maximum Gasteiger partial charge on any atom is 0.223 e. The number of ether oxygens (including phenoxy) is 2. The number of nitrogens with one attached hydrogen (secondary N) is 1. The standard InChI is InChI=1S/C15H17NO3/c1-2-5-16-15(17)12-9-11(12)10-3-4-13-14(8-10)19-7-6-18-13/h2-4,8,11-12H,1,5-7,9H2,(H,16,17)/t11-,12-/m0/s1. The third-order valence-electron chi connectivity index (χ3n) is 3.54. The monoisotopic (exact) mass is 259 g/mol. The Kier molecular flexibility index (Phi) is 3.15. The minimum Gasteiger partial charge on any atom is -0.486 e. The Morgan fingerprint density at radius 1 is 1.37 bits per heavy atom. The lowest BCUT2D eigenvalue weighted by Gasteiger charge is -2.18. The summed E-state index contributed by atoms with van der Waals surface area (Å²) < 4.78 is 11.1. The molecule has 19 heavy (non-hydrogen) atoms. The second-order valence-corrected chi connectivity index (χ2v) is 4.89. The summed E-state index contributed by atoms with van der Waals surface area (Å²) in [5.74, 6) is 2.09. The number of hydrogen-bond donors (Lipinski definition) is 1. The Morgan fingerprint density at radius 3 is 2.95 bits per heavy atom. The van der Waals surface area contributed by atoms with E-state index in [0.717, 1.165) is 23.5 Å². The van der Waals surface area contributed by atoms with Gasteiger partial charge in [0.05, 0.1) is 0 Å². The fraction of sp³-hybridized carbons (Fsp3) is 0.400. The number of hydrogen-bond acceptors (Lipinski definition) is 3. The number of amides is 1. The smallest absolute Gasteiger partial charge is 0.223 e. The number of carbonyl (C=O) groups excluding carboxylic acids is 1. The van der Waals surface area contributed by atoms with Crippen molar-refractivity contribution in [2.24, 2.45) is 5.92 Å². The second kappa shape index (κ2) is 4.96. The zero-order valence-electron chi connectivity index (χ0n) is 10.7. The predicted octanol–water partition coefficient (Wildman–Crippen LogP) is 1.86. The van der Waals surface area contributed by atoms with Gasteiger partial charge in [-0.3, -0.25) is 4.79 Å². The summed E-state index contributed by atoms with van der Waals surface area (Å²) in [6.45, 7) is 5.31. The molecule has 1 saturated carbocycles. The molecule has 1 fully saturated rings. The van der Waals surface area contributed by atoms with Crippen LogP contribution in [0.5, 0.6) is 11.5 Å². The van der Waals surface area contributed by atoms with E-state index in [1.165, 1.54) is 0 Å². The molecule has 0 saturated heterocycles. The Balaban J connectivity index is 1.68. The van der Waals surface area contributed by atoms with Gasteiger partial charge in [-0.2, -0.15) is 0 Å². The zero-order valence-corrected chi connectivity index (χ0v) is 10.7. The molecule has 1 aliphatic heterocycles. The Bertz CT molecular complexity index is 512. The number of carbonyl (C=O) groups is 1. The molecule has 1 aromatic carbocycles. The predicted molar refractivity (Wildman–Crippen MR) is 71.5 cm³/mol. The van der Waals surface area contributed by atoms with Crippen molar-refractivity contribution in [2.75, 3.05) is 19.8 Å². The molecule has 0 unspecified atom stereocenters. The molecule has 0 bridgehead atoms. The van der Waals surface area contributed by atoms with E-state index in [9.17, 15) is 4.79 Å². The van der Waals surface area contributed by atoms with E-state index in [1.54, 1.807) is 6.08 Å². The van der Waals surface area contributed by atoms with Gasteiger partial charge in [0.25, 0.3) is 0 Å². The molecule has 3 rings (SSSR count). The van der Waals surface area contributed by atoms with Gasteiger partial charge in [0.1, 0.15) is 13.2 Å². The molecule has 4 heteroatoms. The van der Waals surface area contributed by atoms with Crippen LogP contribution in [-0.2, 0) is 4.79 Å². The van der Waals surface area contributed by atoms with Crippen molar-refractivity contribution >= 4 is 5.91 Å². The van der Waals surface area contributed by atoms with Gasteiger partial charge >= 0.3 is 0 Å². The molecule has 0 radical (unpaired) electrons. The molecular formula is C15H17NO3. The van der Waals surface area contributed by atoms with Gasteiger partial charge in [-0.1, -0.05) is 12.1 Å². The molecule has 2 atom stereocenters. The molecule has 2 aliphatic rings. The van der Waals surface area contributed by atoms with Crippen molar-refractivity contribution in [3.05, 3.63) is 36.4 Å². The SMILES string of the molecule is C=CCNC(=O)[C@H]1C[C@H]1c1ccc2c(c1)OCCO2. The summed E-state index contributed by atoms with van der Waals surface area (Å²) in [6.07, 6.45) is 2.60. The van der Waals surface area contributed by atoms with Crippen molar-refractivity contribution in [1.29, 1.82) is 0 Å². The highest BCUT2D eigenvalue weighted by atomic mass is 16.6. The van der Waals surface area contributed by atoms with Gasteiger partial charge in [0.15, 0.2) is 11.5 Å². The maximum atomic E-state index is 11.8. The quantitative estimate of drug-likeness (QED) is 0.840. The van der Waals surface area contributed by atoms with E-state index in [4.69, 9.17) is 9.47 Å². The first kappa shape index (κ1) is 12.1. The lowest BCUT2D eigenvalue weighted by atomic mass is 10.1. The van der Waals surface area contributed by atoms with Crippen molar-refractivity contribution in [3.8, 4) is 11.5 Å². The van der Waals surface area contributed by atoms with Crippen LogP contribution in [0.25, 0.3) is 0 Å². The number of benzene rings is 1. The third-order valence-corrected chi connectivity index (χ3v) is 3.54. The summed E-state index contributed by atoms with van der Waals surface area (Å²) in [5, 5.41) is 2.84. The molecule has 1 N–H and O–H groups in total. The van der Waals surface area contributed by atoms with E-state index in [0.29, 0.717) is 25.7 Å². The first-order chi connectivity index (χ1) is 9.29. The zero-order chi connectivity index (χ0) is 13.2. The van der Waals surface area contributed by atoms with Gasteiger partial charge in [0, 0.05) is 12.5 Å². The molecule has 4 nitrogen and oxygen atoms in total. The fourth-order valence-corrected chi connectivity index (χ4v) is 2.45. The summed E-state index contributed by atoms with van der Waals surface area (Å²) in [5.41, 5.74) is 1.16. The van der Waals surface area contributed by atoms with E-state index in [-0.39, 0.29) is 11.8 Å². The minimum atomic E-state index is 0.0857. The van der Waals surface area contributed by atoms with E-state index >= 15 is 0 Å². The lowest BCUT2D eigenvalue weighted by molar-refractivity contribution is -0.122. The average Bonchev–Trinajstić information content (AvgIpc) is 3.24. The largest absolute Gasteiger partial charge is 0.486 e. The Hall–Kier alpha value is -1.97. The van der Waals surface area contributed by atoms with Crippen LogP contribution in [-0.4, -0.2) is 25.7 Å². The molecule has 100 valence electrons. The third kappa shape index (κ3) is 2.43. The minimum absolute atomic E-state index is 0.0857. The average molecular weight is 259 g/mol. The summed E-state index contributed by atoms with van der Waals surface area (Å²) in [6, 6.07) is 5.96. The number of rotatable bonds is 4. The second-order valence-electron chi connectivity index (χ2n) is 4.89. The van der Waals surface area contributed by atoms with Gasteiger partial charge in [-0.05, 0) is 30.0 Å². The van der Waals surface area contributed by atoms with Crippen LogP contribution in [0.15, 0.2) is 30.9 Å². The Morgan fingerprint density at radius 2 is 2.16 bits per heavy atom. The molecule has 1 amide bonds. The van der Waals surface area contributed by atoms with Crippen molar-refractivity contribution in [2.45, 2.75) is 12.3 Å². The van der Waals surface area contributed by atoms with E-state index < -0.39 is 0 Å². The van der Waals surface area contributed by atoms with Crippen molar-refractivity contribution in [1.82, 2.24) is 5.32 Å². The molecule has 1 heterocycles. The van der Waals surface area contributed by atoms with Crippen LogP contribution in [0.3, 0.4) is 0 Å². The van der Waals surface area contributed by atoms with Gasteiger partial charge < -0.3 is 14.8 Å².